The second-order valence-corrected chi connectivity index (χ2v) is 6.87. The van der Waals surface area contributed by atoms with Gasteiger partial charge in [0.2, 0.25) is 0 Å². The van der Waals surface area contributed by atoms with E-state index >= 15 is 0 Å². The molecule has 0 radical (unpaired) electrons. The molecule has 2 aromatic rings. The molecule has 0 aliphatic carbocycles. The van der Waals surface area contributed by atoms with Crippen LogP contribution in [0.5, 0.6) is 11.5 Å². The molecule has 0 heterocycles. The molecule has 0 amide bonds. The Morgan fingerprint density at radius 3 is 2.11 bits per heavy atom. The molecule has 2 heteroatoms. The van der Waals surface area contributed by atoms with E-state index in [0.717, 1.165) is 34.6 Å². The number of rotatable bonds is 7. The van der Waals surface area contributed by atoms with Crippen LogP contribution in [0.1, 0.15) is 44.7 Å². The van der Waals surface area contributed by atoms with Crippen LogP contribution in [-0.2, 0) is 6.42 Å². The summed E-state index contributed by atoms with van der Waals surface area (Å²) < 4.78 is 11.0. The molecule has 1 unspecified atom stereocenters. The van der Waals surface area contributed by atoms with Gasteiger partial charge in [0.25, 0.3) is 0 Å². The first-order valence-corrected chi connectivity index (χ1v) is 9.59. The van der Waals surface area contributed by atoms with E-state index in [2.05, 4.69) is 64.3 Å². The lowest BCUT2D eigenvalue weighted by molar-refractivity contribution is 0.408. The van der Waals surface area contributed by atoms with Crippen molar-refractivity contribution >= 4 is 0 Å². The van der Waals surface area contributed by atoms with Crippen molar-refractivity contribution in [1.29, 1.82) is 0 Å². The molecular weight excluding hydrogens is 344 g/mol. The molecule has 2 nitrogen and oxygen atoms in total. The van der Waals surface area contributed by atoms with Crippen LogP contribution < -0.4 is 9.47 Å². The Hall–Kier alpha value is -2.74. The van der Waals surface area contributed by atoms with Gasteiger partial charge in [0.1, 0.15) is 11.5 Å². The Bertz CT molecular complexity index is 811. The fourth-order valence-corrected chi connectivity index (χ4v) is 2.66. The predicted octanol–water partition coefficient (Wildman–Crippen LogP) is 7.36. The molecule has 28 heavy (non-hydrogen) atoms. The normalized spacial score (nSPS) is 10.8. The van der Waals surface area contributed by atoms with Gasteiger partial charge < -0.3 is 9.47 Å². The van der Waals surface area contributed by atoms with E-state index in [0.29, 0.717) is 0 Å². The third kappa shape index (κ3) is 6.45. The maximum Gasteiger partial charge on any atom is 0.126 e. The van der Waals surface area contributed by atoms with Gasteiger partial charge >= 0.3 is 0 Å². The maximum atomic E-state index is 5.54. The topological polar surface area (TPSA) is 18.5 Å². The van der Waals surface area contributed by atoms with Crippen LogP contribution in [0.3, 0.4) is 0 Å². The van der Waals surface area contributed by atoms with Crippen molar-refractivity contribution < 1.29 is 9.47 Å². The average Bonchev–Trinajstić information content (AvgIpc) is 2.73. The van der Waals surface area contributed by atoms with Crippen molar-refractivity contribution in [3.05, 3.63) is 84.5 Å². The molecule has 1 atom stereocenters. The van der Waals surface area contributed by atoms with Crippen molar-refractivity contribution in [3.63, 3.8) is 0 Å². The zero-order chi connectivity index (χ0) is 21.1. The van der Waals surface area contributed by atoms with Gasteiger partial charge in [-0.2, -0.15) is 0 Å². The van der Waals surface area contributed by atoms with Crippen molar-refractivity contribution in [2.75, 3.05) is 14.2 Å². The number of benzene rings is 2. The summed E-state index contributed by atoms with van der Waals surface area (Å²) in [5.41, 5.74) is 5.90. The Morgan fingerprint density at radius 2 is 1.61 bits per heavy atom. The van der Waals surface area contributed by atoms with E-state index in [9.17, 15) is 0 Å². The largest absolute Gasteiger partial charge is 0.496 e. The highest BCUT2D eigenvalue weighted by atomic mass is 16.5. The molecule has 0 fully saturated rings. The standard InChI is InChI=1S/C21H24O2.C5H10/c1-6-8-16-9-11-21(23-5)19(13-16)17-10-12-20(22-4)18(14-17)15(3)7-2;1-4-5(2)3/h6-7,9-15H,1-2,8H2,3-5H3;4H,1-3H3. The van der Waals surface area contributed by atoms with E-state index in [1.165, 1.54) is 11.1 Å². The second kappa shape index (κ2) is 11.9. The maximum absolute atomic E-state index is 5.54. The van der Waals surface area contributed by atoms with E-state index in [1.807, 2.05) is 31.2 Å². The molecule has 0 spiro atoms. The van der Waals surface area contributed by atoms with Gasteiger partial charge in [0.15, 0.2) is 0 Å². The van der Waals surface area contributed by atoms with Gasteiger partial charge in [0, 0.05) is 17.0 Å². The van der Waals surface area contributed by atoms with Crippen LogP contribution in [0, 0.1) is 0 Å². The minimum atomic E-state index is 0.215. The molecule has 0 aliphatic rings. The van der Waals surface area contributed by atoms with Crippen molar-refractivity contribution in [2.45, 2.75) is 40.0 Å². The predicted molar refractivity (Wildman–Crippen MR) is 123 cm³/mol. The summed E-state index contributed by atoms with van der Waals surface area (Å²) in [6.07, 6.45) is 6.75. The fourth-order valence-electron chi connectivity index (χ4n) is 2.66. The van der Waals surface area contributed by atoms with Crippen LogP contribution in [0.4, 0.5) is 0 Å². The first-order valence-electron chi connectivity index (χ1n) is 9.59. The van der Waals surface area contributed by atoms with Crippen molar-refractivity contribution in [2.24, 2.45) is 0 Å². The number of methoxy groups -OCH3 is 2. The Labute approximate surface area is 171 Å². The third-order valence-corrected chi connectivity index (χ3v) is 4.61. The van der Waals surface area contributed by atoms with Crippen molar-refractivity contribution in [1.82, 2.24) is 0 Å². The van der Waals surface area contributed by atoms with Crippen LogP contribution in [-0.4, -0.2) is 14.2 Å². The Balaban J connectivity index is 0.000000696. The summed E-state index contributed by atoms with van der Waals surface area (Å²) in [7, 11) is 3.39. The molecule has 2 aromatic carbocycles. The summed E-state index contributed by atoms with van der Waals surface area (Å²) in [5.74, 6) is 1.95. The first kappa shape index (κ1) is 23.3. The summed E-state index contributed by atoms with van der Waals surface area (Å²) in [5, 5.41) is 0. The van der Waals surface area contributed by atoms with Crippen LogP contribution in [0.25, 0.3) is 11.1 Å². The smallest absolute Gasteiger partial charge is 0.126 e. The van der Waals surface area contributed by atoms with Gasteiger partial charge in [-0.05, 0) is 62.6 Å². The van der Waals surface area contributed by atoms with E-state index < -0.39 is 0 Å². The summed E-state index contributed by atoms with van der Waals surface area (Å²) >= 11 is 0. The zero-order valence-corrected chi connectivity index (χ0v) is 18.2. The Morgan fingerprint density at radius 1 is 1.00 bits per heavy atom. The monoisotopic (exact) mass is 378 g/mol. The lowest BCUT2D eigenvalue weighted by atomic mass is 9.94. The summed E-state index contributed by atoms with van der Waals surface area (Å²) in [6, 6.07) is 12.5. The Kier molecular flexibility index (Phi) is 9.87. The highest BCUT2D eigenvalue weighted by Gasteiger charge is 2.13. The molecule has 0 aromatic heterocycles. The lowest BCUT2D eigenvalue weighted by Crippen LogP contribution is -1.97. The van der Waals surface area contributed by atoms with Gasteiger partial charge in [0.05, 0.1) is 14.2 Å². The molecule has 150 valence electrons. The van der Waals surface area contributed by atoms with Gasteiger partial charge in [-0.15, -0.1) is 13.2 Å². The van der Waals surface area contributed by atoms with E-state index in [4.69, 9.17) is 9.47 Å². The molecule has 0 N–H and O–H groups in total. The minimum absolute atomic E-state index is 0.215. The quantitative estimate of drug-likeness (QED) is 0.468. The highest BCUT2D eigenvalue weighted by Crippen LogP contribution is 2.36. The zero-order valence-electron chi connectivity index (χ0n) is 18.2. The van der Waals surface area contributed by atoms with Gasteiger partial charge in [-0.3, -0.25) is 0 Å². The van der Waals surface area contributed by atoms with Crippen LogP contribution in [0.2, 0.25) is 0 Å². The lowest BCUT2D eigenvalue weighted by Gasteiger charge is -2.16. The minimum Gasteiger partial charge on any atom is -0.496 e. The molecule has 0 saturated carbocycles. The number of ether oxygens (including phenoxy) is 2. The third-order valence-electron chi connectivity index (χ3n) is 4.61. The number of hydrogen-bond acceptors (Lipinski definition) is 2. The summed E-state index contributed by atoms with van der Waals surface area (Å²) in [4.78, 5) is 0. The summed E-state index contributed by atoms with van der Waals surface area (Å²) in [6.45, 7) is 16.0. The van der Waals surface area contributed by atoms with Crippen molar-refractivity contribution in [3.8, 4) is 22.6 Å². The fraction of sp³-hybridized carbons (Fsp3) is 0.308. The molecule has 2 rings (SSSR count). The second-order valence-electron chi connectivity index (χ2n) is 6.87. The average molecular weight is 379 g/mol. The first-order chi connectivity index (χ1) is 13.4. The van der Waals surface area contributed by atoms with E-state index in [1.54, 1.807) is 14.2 Å². The molecular formula is C26H34O2. The number of hydrogen-bond donors (Lipinski definition) is 0. The molecule has 0 aliphatic heterocycles. The van der Waals surface area contributed by atoms with Crippen LogP contribution >= 0.6 is 0 Å². The molecule has 0 bridgehead atoms. The van der Waals surface area contributed by atoms with Crippen LogP contribution in [0.15, 0.2) is 73.4 Å². The highest BCUT2D eigenvalue weighted by molar-refractivity contribution is 5.73. The number of allylic oxidation sites excluding steroid dienone is 4. The van der Waals surface area contributed by atoms with E-state index in [-0.39, 0.29) is 5.92 Å². The SMILES string of the molecule is C=CCc1ccc(OC)c(-c2ccc(OC)c(C(C)C=C)c2)c1.CC=C(C)C. The van der Waals surface area contributed by atoms with Gasteiger partial charge in [-0.1, -0.05) is 42.9 Å². The van der Waals surface area contributed by atoms with Gasteiger partial charge in [-0.25, -0.2) is 0 Å². The molecule has 0 saturated heterocycles.